The molecular formula is C18H23N5O2. The zero-order valence-corrected chi connectivity index (χ0v) is 15.0. The number of hydrogen-bond donors (Lipinski definition) is 1. The molecule has 1 aliphatic rings. The highest BCUT2D eigenvalue weighted by Gasteiger charge is 2.24. The van der Waals surface area contributed by atoms with Crippen LogP contribution in [0.5, 0.6) is 0 Å². The summed E-state index contributed by atoms with van der Waals surface area (Å²) >= 11 is 0. The van der Waals surface area contributed by atoms with E-state index in [9.17, 15) is 9.59 Å². The molecule has 3 rings (SSSR count). The first-order valence-electron chi connectivity index (χ1n) is 8.34. The minimum absolute atomic E-state index is 0.0636. The van der Waals surface area contributed by atoms with E-state index in [0.717, 1.165) is 11.4 Å². The van der Waals surface area contributed by atoms with E-state index in [-0.39, 0.29) is 11.8 Å². The van der Waals surface area contributed by atoms with Gasteiger partial charge >= 0.3 is 0 Å². The second-order valence-electron chi connectivity index (χ2n) is 7.36. The number of aryl methyl sites for hydroxylation is 1. The van der Waals surface area contributed by atoms with Crippen LogP contribution in [0.25, 0.3) is 0 Å². The number of anilines is 1. The summed E-state index contributed by atoms with van der Waals surface area (Å²) in [7, 11) is 0. The Morgan fingerprint density at radius 3 is 2.60 bits per heavy atom. The molecule has 0 aromatic carbocycles. The molecule has 0 unspecified atom stereocenters. The molecule has 0 aliphatic carbocycles. The van der Waals surface area contributed by atoms with Gasteiger partial charge in [0.15, 0.2) is 0 Å². The van der Waals surface area contributed by atoms with Gasteiger partial charge in [-0.25, -0.2) is 4.98 Å². The second-order valence-corrected chi connectivity index (χ2v) is 7.36. The molecule has 25 heavy (non-hydrogen) atoms. The van der Waals surface area contributed by atoms with Gasteiger partial charge in [0.05, 0.1) is 30.0 Å². The van der Waals surface area contributed by atoms with Crippen LogP contribution in [0, 0.1) is 12.3 Å². The highest BCUT2D eigenvalue weighted by Crippen LogP contribution is 2.18. The Morgan fingerprint density at radius 1 is 1.20 bits per heavy atom. The molecule has 1 aliphatic heterocycles. The molecule has 2 amide bonds. The largest absolute Gasteiger partial charge is 0.331 e. The molecule has 0 saturated heterocycles. The lowest BCUT2D eigenvalue weighted by atomic mass is 9.96. The maximum absolute atomic E-state index is 12.7. The van der Waals surface area contributed by atoms with Gasteiger partial charge in [0, 0.05) is 18.2 Å². The van der Waals surface area contributed by atoms with E-state index in [1.54, 1.807) is 17.0 Å². The van der Waals surface area contributed by atoms with Crippen molar-refractivity contribution in [2.45, 2.75) is 40.8 Å². The fourth-order valence-corrected chi connectivity index (χ4v) is 2.66. The van der Waals surface area contributed by atoms with E-state index in [1.165, 1.54) is 6.20 Å². The summed E-state index contributed by atoms with van der Waals surface area (Å²) in [5.41, 5.74) is 2.02. The Labute approximate surface area is 147 Å². The number of nitrogens with zero attached hydrogens (tertiary/aromatic N) is 4. The van der Waals surface area contributed by atoms with Crippen molar-refractivity contribution in [1.82, 2.24) is 19.7 Å². The molecule has 3 heterocycles. The third kappa shape index (κ3) is 3.70. The number of carbonyl (C=O) groups excluding carboxylic acids is 2. The number of pyridine rings is 1. The van der Waals surface area contributed by atoms with Gasteiger partial charge in [-0.3, -0.25) is 14.3 Å². The summed E-state index contributed by atoms with van der Waals surface area (Å²) in [5.74, 6) is 0.272. The van der Waals surface area contributed by atoms with Crippen molar-refractivity contribution in [2.24, 2.45) is 5.41 Å². The smallest absolute Gasteiger partial charge is 0.255 e. The van der Waals surface area contributed by atoms with Crippen LogP contribution >= 0.6 is 0 Å². The predicted octanol–water partition coefficient (Wildman–Crippen LogP) is 2.23. The number of carbonyl (C=O) groups is 2. The molecule has 0 fully saturated rings. The van der Waals surface area contributed by atoms with Crippen molar-refractivity contribution < 1.29 is 9.59 Å². The number of rotatable bonds is 2. The third-order valence-electron chi connectivity index (χ3n) is 4.14. The molecule has 0 atom stereocenters. The molecule has 7 nitrogen and oxygen atoms in total. The first-order valence-corrected chi connectivity index (χ1v) is 8.34. The van der Waals surface area contributed by atoms with Gasteiger partial charge in [-0.1, -0.05) is 20.8 Å². The minimum Gasteiger partial charge on any atom is -0.331 e. The lowest BCUT2D eigenvalue weighted by Gasteiger charge is -2.27. The SMILES string of the molecule is Cc1cc2n(n1)CCN(C(=O)c1ccc(NC(=O)C(C)(C)C)nc1)C2. The topological polar surface area (TPSA) is 80.1 Å². The Balaban J connectivity index is 1.68. The molecule has 0 bridgehead atoms. The van der Waals surface area contributed by atoms with Crippen molar-refractivity contribution in [2.75, 3.05) is 11.9 Å². The second kappa shape index (κ2) is 6.31. The lowest BCUT2D eigenvalue weighted by Crippen LogP contribution is -2.38. The first-order chi connectivity index (χ1) is 11.7. The number of fused-ring (bicyclic) bond motifs is 1. The van der Waals surface area contributed by atoms with E-state index in [1.807, 2.05) is 38.4 Å². The monoisotopic (exact) mass is 341 g/mol. The maximum Gasteiger partial charge on any atom is 0.255 e. The summed E-state index contributed by atoms with van der Waals surface area (Å²) in [6, 6.07) is 5.36. The number of aromatic nitrogens is 3. The van der Waals surface area contributed by atoms with Crippen molar-refractivity contribution in [3.63, 3.8) is 0 Å². The molecule has 2 aromatic heterocycles. The van der Waals surface area contributed by atoms with Crippen molar-refractivity contribution >= 4 is 17.6 Å². The van der Waals surface area contributed by atoms with Crippen LogP contribution in [0.1, 0.15) is 42.5 Å². The molecule has 0 radical (unpaired) electrons. The Morgan fingerprint density at radius 2 is 1.96 bits per heavy atom. The van der Waals surface area contributed by atoms with E-state index >= 15 is 0 Å². The van der Waals surface area contributed by atoms with Crippen LogP contribution < -0.4 is 5.32 Å². The van der Waals surface area contributed by atoms with Gasteiger partial charge in [-0.05, 0) is 25.1 Å². The fraction of sp³-hybridized carbons (Fsp3) is 0.444. The average Bonchev–Trinajstić information content (AvgIpc) is 2.93. The van der Waals surface area contributed by atoms with E-state index < -0.39 is 5.41 Å². The van der Waals surface area contributed by atoms with E-state index in [0.29, 0.717) is 31.0 Å². The molecule has 132 valence electrons. The molecule has 7 heteroatoms. The van der Waals surface area contributed by atoms with Crippen LogP contribution in [0.15, 0.2) is 24.4 Å². The minimum atomic E-state index is -0.495. The van der Waals surface area contributed by atoms with Gasteiger partial charge < -0.3 is 10.2 Å². The van der Waals surface area contributed by atoms with Crippen LogP contribution in [0.4, 0.5) is 5.82 Å². The quantitative estimate of drug-likeness (QED) is 0.908. The van der Waals surface area contributed by atoms with E-state index in [2.05, 4.69) is 15.4 Å². The average molecular weight is 341 g/mol. The zero-order chi connectivity index (χ0) is 18.2. The van der Waals surface area contributed by atoms with Crippen molar-refractivity contribution in [3.8, 4) is 0 Å². The number of nitrogens with one attached hydrogen (secondary N) is 1. The van der Waals surface area contributed by atoms with Gasteiger partial charge in [0.25, 0.3) is 5.91 Å². The third-order valence-corrected chi connectivity index (χ3v) is 4.14. The highest BCUT2D eigenvalue weighted by molar-refractivity contribution is 5.96. The van der Waals surface area contributed by atoms with E-state index in [4.69, 9.17) is 0 Å². The molecular weight excluding hydrogens is 318 g/mol. The molecule has 2 aromatic rings. The summed E-state index contributed by atoms with van der Waals surface area (Å²) in [6.45, 7) is 9.32. The lowest BCUT2D eigenvalue weighted by molar-refractivity contribution is -0.123. The van der Waals surface area contributed by atoms with Crippen LogP contribution in [-0.4, -0.2) is 38.0 Å². The van der Waals surface area contributed by atoms with Gasteiger partial charge in [-0.15, -0.1) is 0 Å². The van der Waals surface area contributed by atoms with Crippen molar-refractivity contribution in [1.29, 1.82) is 0 Å². The molecule has 0 saturated carbocycles. The highest BCUT2D eigenvalue weighted by atomic mass is 16.2. The summed E-state index contributed by atoms with van der Waals surface area (Å²) < 4.78 is 1.95. The zero-order valence-electron chi connectivity index (χ0n) is 15.0. The summed E-state index contributed by atoms with van der Waals surface area (Å²) in [6.07, 6.45) is 1.51. The van der Waals surface area contributed by atoms with Crippen molar-refractivity contribution in [3.05, 3.63) is 41.3 Å². The van der Waals surface area contributed by atoms with Crippen LogP contribution in [-0.2, 0) is 17.9 Å². The molecule has 0 spiro atoms. The Hall–Kier alpha value is -2.70. The predicted molar refractivity (Wildman–Crippen MR) is 94.0 cm³/mol. The molecule has 1 N–H and O–H groups in total. The summed E-state index contributed by atoms with van der Waals surface area (Å²) in [4.78, 5) is 30.7. The normalized spacial score (nSPS) is 14.2. The summed E-state index contributed by atoms with van der Waals surface area (Å²) in [5, 5.41) is 7.16. The van der Waals surface area contributed by atoms with Crippen LogP contribution in [0.2, 0.25) is 0 Å². The van der Waals surface area contributed by atoms with Gasteiger partial charge in [0.2, 0.25) is 5.91 Å². The maximum atomic E-state index is 12.7. The standard InChI is InChI=1S/C18H23N5O2/c1-12-9-14-11-22(7-8-23(14)21-12)16(24)13-5-6-15(19-10-13)20-17(25)18(2,3)4/h5-6,9-10H,7-8,11H2,1-4H3,(H,19,20,25). The van der Waals surface area contributed by atoms with Gasteiger partial charge in [-0.2, -0.15) is 5.10 Å². The number of hydrogen-bond acceptors (Lipinski definition) is 4. The van der Waals surface area contributed by atoms with Gasteiger partial charge in [0.1, 0.15) is 5.82 Å². The fourth-order valence-electron chi connectivity index (χ4n) is 2.66. The Kier molecular flexibility index (Phi) is 4.32. The first kappa shape index (κ1) is 17.1. The Bertz CT molecular complexity index is 802. The van der Waals surface area contributed by atoms with Crippen LogP contribution in [0.3, 0.4) is 0 Å². The number of amides is 2.